The Kier molecular flexibility index (Phi) is 2.96. The van der Waals surface area contributed by atoms with Crippen LogP contribution in [0.15, 0.2) is 43.0 Å². The number of nitrogens with zero attached hydrogens (tertiary/aromatic N) is 6. The largest absolute Gasteiger partial charge is 0.442 e. The number of para-hydroxylation sites is 1. The van der Waals surface area contributed by atoms with E-state index in [9.17, 15) is 0 Å². The first-order valence-corrected chi connectivity index (χ1v) is 6.92. The minimum atomic E-state index is 0.350. The van der Waals surface area contributed by atoms with Gasteiger partial charge in [-0.05, 0) is 6.07 Å². The zero-order valence-electron chi connectivity index (χ0n) is 12.0. The van der Waals surface area contributed by atoms with Gasteiger partial charge in [0.2, 0.25) is 0 Å². The molecule has 1 aliphatic heterocycles. The van der Waals surface area contributed by atoms with Crippen LogP contribution in [-0.2, 0) is 0 Å². The Hall–Kier alpha value is -2.96. The number of anilines is 2. The summed E-state index contributed by atoms with van der Waals surface area (Å²) >= 11 is 0. The third-order valence-corrected chi connectivity index (χ3v) is 3.57. The first-order chi connectivity index (χ1) is 10.8. The van der Waals surface area contributed by atoms with E-state index in [1.54, 1.807) is 18.7 Å². The molecule has 0 unspecified atom stereocenters. The van der Waals surface area contributed by atoms with Crippen LogP contribution in [-0.4, -0.2) is 40.4 Å². The molecule has 0 radical (unpaired) electrons. The molecule has 22 heavy (non-hydrogen) atoms. The molecular weight excluding hydrogens is 280 g/mol. The molecule has 0 saturated heterocycles. The fourth-order valence-electron chi connectivity index (χ4n) is 2.50. The average molecular weight is 294 g/mol. The molecule has 0 amide bonds. The quantitative estimate of drug-likeness (QED) is 0.728. The molecule has 0 atom stereocenters. The molecule has 0 bridgehead atoms. The second-order valence-corrected chi connectivity index (χ2v) is 5.10. The zero-order valence-corrected chi connectivity index (χ0v) is 12.0. The van der Waals surface area contributed by atoms with Crippen molar-refractivity contribution in [2.75, 3.05) is 30.2 Å². The number of hydrogen-bond donors (Lipinski definition) is 0. The second-order valence-electron chi connectivity index (χ2n) is 5.10. The lowest BCUT2D eigenvalue weighted by atomic mass is 10.2. The van der Waals surface area contributed by atoms with Gasteiger partial charge in [-0.1, -0.05) is 18.2 Å². The van der Waals surface area contributed by atoms with Crippen molar-refractivity contribution in [3.05, 3.63) is 43.0 Å². The fourth-order valence-corrected chi connectivity index (χ4v) is 2.50. The van der Waals surface area contributed by atoms with Crippen LogP contribution in [0.3, 0.4) is 0 Å². The monoisotopic (exact) mass is 294 g/mol. The molecule has 0 N–H and O–H groups in total. The zero-order chi connectivity index (χ0) is 14.9. The molecule has 4 rings (SSSR count). The Bertz CT molecular complexity index is 824. The van der Waals surface area contributed by atoms with E-state index in [4.69, 9.17) is 4.74 Å². The number of aromatic nitrogens is 4. The Morgan fingerprint density at radius 1 is 1.18 bits per heavy atom. The fraction of sp³-hybridized carbons (Fsp3) is 0.200. The van der Waals surface area contributed by atoms with Gasteiger partial charge in [0.05, 0.1) is 18.4 Å². The van der Waals surface area contributed by atoms with Gasteiger partial charge in [-0.3, -0.25) is 0 Å². The predicted molar refractivity (Wildman–Crippen MR) is 82.8 cm³/mol. The van der Waals surface area contributed by atoms with Crippen LogP contribution in [0.1, 0.15) is 0 Å². The maximum atomic E-state index is 5.72. The molecule has 3 aromatic rings. The van der Waals surface area contributed by atoms with Crippen molar-refractivity contribution >= 4 is 22.4 Å². The Morgan fingerprint density at radius 2 is 2.09 bits per heavy atom. The van der Waals surface area contributed by atoms with Gasteiger partial charge in [-0.25, -0.2) is 15.0 Å². The molecule has 0 spiro atoms. The minimum absolute atomic E-state index is 0.350. The third kappa shape index (κ3) is 2.16. The molecule has 0 saturated carbocycles. The van der Waals surface area contributed by atoms with Gasteiger partial charge in [-0.15, -0.1) is 0 Å². The lowest BCUT2D eigenvalue weighted by Gasteiger charge is -2.18. The predicted octanol–water partition coefficient (Wildman–Crippen LogP) is 1.67. The second kappa shape index (κ2) is 5.10. The molecule has 7 nitrogen and oxygen atoms in total. The summed E-state index contributed by atoms with van der Waals surface area (Å²) in [6.07, 6.45) is 5.10. The van der Waals surface area contributed by atoms with E-state index in [2.05, 4.69) is 19.9 Å². The van der Waals surface area contributed by atoms with Gasteiger partial charge in [-0.2, -0.15) is 4.98 Å². The first kappa shape index (κ1) is 12.8. The van der Waals surface area contributed by atoms with E-state index in [0.717, 1.165) is 22.4 Å². The molecule has 0 fully saturated rings. The van der Waals surface area contributed by atoms with Crippen molar-refractivity contribution in [2.24, 2.45) is 0 Å². The van der Waals surface area contributed by atoms with E-state index in [-0.39, 0.29) is 0 Å². The number of ether oxygens (including phenoxy) is 1. The number of fused-ring (bicyclic) bond motifs is 2. The van der Waals surface area contributed by atoms with E-state index in [1.165, 1.54) is 0 Å². The van der Waals surface area contributed by atoms with E-state index >= 15 is 0 Å². The third-order valence-electron chi connectivity index (χ3n) is 3.57. The SMILES string of the molecule is CN1CN(COc2ncc3ccccc3n2)c2cncnc21. The Balaban J connectivity index is 1.53. The average Bonchev–Trinajstić information content (AvgIpc) is 2.89. The van der Waals surface area contributed by atoms with Gasteiger partial charge in [0.1, 0.15) is 12.0 Å². The molecule has 1 aromatic carbocycles. The van der Waals surface area contributed by atoms with Crippen molar-refractivity contribution in [3.8, 4) is 6.01 Å². The highest BCUT2D eigenvalue weighted by molar-refractivity contribution is 5.77. The standard InChI is InChI=1S/C15H14N6O/c1-20-9-21(13-7-16-8-18-14(13)20)10-22-15-17-6-11-4-2-3-5-12(11)19-15/h2-8H,9-10H2,1H3. The summed E-state index contributed by atoms with van der Waals surface area (Å²) in [6.45, 7) is 1.05. The summed E-state index contributed by atoms with van der Waals surface area (Å²) in [7, 11) is 1.98. The van der Waals surface area contributed by atoms with Crippen LogP contribution >= 0.6 is 0 Å². The van der Waals surface area contributed by atoms with Gasteiger partial charge >= 0.3 is 6.01 Å². The summed E-state index contributed by atoms with van der Waals surface area (Å²) in [5, 5.41) is 0.995. The molecule has 0 aliphatic carbocycles. The van der Waals surface area contributed by atoms with Crippen molar-refractivity contribution in [1.82, 2.24) is 19.9 Å². The Labute approximate surface area is 127 Å². The lowest BCUT2D eigenvalue weighted by molar-refractivity contribution is 0.292. The van der Waals surface area contributed by atoms with Crippen LogP contribution in [0.2, 0.25) is 0 Å². The Morgan fingerprint density at radius 3 is 3.05 bits per heavy atom. The van der Waals surface area contributed by atoms with Crippen LogP contribution < -0.4 is 14.5 Å². The van der Waals surface area contributed by atoms with Crippen LogP contribution in [0.25, 0.3) is 10.9 Å². The van der Waals surface area contributed by atoms with Crippen LogP contribution in [0.4, 0.5) is 11.5 Å². The topological polar surface area (TPSA) is 67.3 Å². The first-order valence-electron chi connectivity index (χ1n) is 6.92. The van der Waals surface area contributed by atoms with Crippen molar-refractivity contribution in [1.29, 1.82) is 0 Å². The minimum Gasteiger partial charge on any atom is -0.442 e. The maximum absolute atomic E-state index is 5.72. The van der Waals surface area contributed by atoms with E-state index in [1.807, 2.05) is 41.1 Å². The van der Waals surface area contributed by atoms with Crippen molar-refractivity contribution < 1.29 is 4.74 Å². The molecule has 2 aromatic heterocycles. The lowest BCUT2D eigenvalue weighted by Crippen LogP contribution is -2.31. The van der Waals surface area contributed by atoms with Gasteiger partial charge in [0, 0.05) is 18.6 Å². The van der Waals surface area contributed by atoms with Gasteiger partial charge < -0.3 is 14.5 Å². The number of hydrogen-bond acceptors (Lipinski definition) is 7. The molecule has 3 heterocycles. The highest BCUT2D eigenvalue weighted by atomic mass is 16.5. The molecule has 1 aliphatic rings. The molecular formula is C15H14N6O. The highest BCUT2D eigenvalue weighted by Gasteiger charge is 2.25. The van der Waals surface area contributed by atoms with Gasteiger partial charge in [0.15, 0.2) is 12.5 Å². The highest BCUT2D eigenvalue weighted by Crippen LogP contribution is 2.31. The van der Waals surface area contributed by atoms with Gasteiger partial charge in [0.25, 0.3) is 0 Å². The van der Waals surface area contributed by atoms with Crippen LogP contribution in [0, 0.1) is 0 Å². The smallest absolute Gasteiger partial charge is 0.318 e. The molecule has 7 heteroatoms. The summed E-state index contributed by atoms with van der Waals surface area (Å²) in [6, 6.07) is 8.19. The maximum Gasteiger partial charge on any atom is 0.318 e. The number of rotatable bonds is 3. The summed E-state index contributed by atoms with van der Waals surface area (Å²) in [5.41, 5.74) is 1.82. The van der Waals surface area contributed by atoms with E-state index < -0.39 is 0 Å². The molecule has 110 valence electrons. The van der Waals surface area contributed by atoms with E-state index in [0.29, 0.717) is 19.4 Å². The summed E-state index contributed by atoms with van der Waals surface area (Å²) < 4.78 is 5.72. The normalized spacial score (nSPS) is 13.5. The number of benzene rings is 1. The van der Waals surface area contributed by atoms with Crippen molar-refractivity contribution in [2.45, 2.75) is 0 Å². The van der Waals surface area contributed by atoms with Crippen molar-refractivity contribution in [3.63, 3.8) is 0 Å². The summed E-state index contributed by atoms with van der Waals surface area (Å²) in [4.78, 5) is 21.1. The van der Waals surface area contributed by atoms with Crippen LogP contribution in [0.5, 0.6) is 6.01 Å². The summed E-state index contributed by atoms with van der Waals surface area (Å²) in [5.74, 6) is 0.901.